The van der Waals surface area contributed by atoms with Crippen molar-refractivity contribution < 1.29 is 14.3 Å². The number of ether oxygens (including phenoxy) is 1. The first-order valence-electron chi connectivity index (χ1n) is 10.6. The molecule has 0 spiro atoms. The van der Waals surface area contributed by atoms with E-state index in [0.29, 0.717) is 12.8 Å². The van der Waals surface area contributed by atoms with E-state index in [9.17, 15) is 9.59 Å². The van der Waals surface area contributed by atoms with Crippen molar-refractivity contribution in [2.75, 3.05) is 0 Å². The second-order valence-electron chi connectivity index (χ2n) is 7.78. The largest absolute Gasteiger partial charge is 0.453 e. The number of esters is 1. The van der Waals surface area contributed by atoms with Gasteiger partial charge in [-0.15, -0.1) is 0 Å². The maximum atomic E-state index is 12.3. The van der Waals surface area contributed by atoms with Gasteiger partial charge in [-0.1, -0.05) is 48.5 Å². The standard InChI is InChI=1S/C25H30N2O3/c1-18(15-16-20-9-4-3-5-10-20)27-25(29)19(2)30-24(28)14-8-11-21-17-26-23-13-7-6-12-22(21)23/h3-7,9-10,12-13,17-19,26H,8,11,14-16H2,1-2H3,(H,27,29)/t18-,19-/m1/s1. The van der Waals surface area contributed by atoms with E-state index in [1.54, 1.807) is 6.92 Å². The lowest BCUT2D eigenvalue weighted by molar-refractivity contribution is -0.155. The molecule has 30 heavy (non-hydrogen) atoms. The minimum Gasteiger partial charge on any atom is -0.453 e. The second-order valence-corrected chi connectivity index (χ2v) is 7.78. The normalized spacial score (nSPS) is 13.0. The topological polar surface area (TPSA) is 71.2 Å². The number of H-pyrrole nitrogens is 1. The fraction of sp³-hybridized carbons (Fsp3) is 0.360. The molecule has 2 N–H and O–H groups in total. The van der Waals surface area contributed by atoms with Crippen molar-refractivity contribution >= 4 is 22.8 Å². The van der Waals surface area contributed by atoms with Crippen LogP contribution in [-0.2, 0) is 27.2 Å². The first kappa shape index (κ1) is 21.6. The van der Waals surface area contributed by atoms with Gasteiger partial charge in [0.05, 0.1) is 0 Å². The molecular formula is C25H30N2O3. The number of nitrogens with one attached hydrogen (secondary N) is 2. The molecule has 0 radical (unpaired) electrons. The van der Waals surface area contributed by atoms with Crippen molar-refractivity contribution in [2.45, 2.75) is 58.1 Å². The van der Waals surface area contributed by atoms with E-state index < -0.39 is 6.10 Å². The van der Waals surface area contributed by atoms with E-state index in [0.717, 1.165) is 24.8 Å². The number of benzene rings is 2. The van der Waals surface area contributed by atoms with E-state index in [1.807, 2.05) is 49.5 Å². The molecule has 0 fully saturated rings. The summed E-state index contributed by atoms with van der Waals surface area (Å²) in [5.41, 5.74) is 3.53. The van der Waals surface area contributed by atoms with Crippen molar-refractivity contribution in [1.82, 2.24) is 10.3 Å². The van der Waals surface area contributed by atoms with E-state index in [-0.39, 0.29) is 17.9 Å². The van der Waals surface area contributed by atoms with Gasteiger partial charge in [0.2, 0.25) is 0 Å². The second kappa shape index (κ2) is 10.6. The lowest BCUT2D eigenvalue weighted by Gasteiger charge is -2.18. The fourth-order valence-corrected chi connectivity index (χ4v) is 3.53. The molecule has 5 nitrogen and oxygen atoms in total. The molecule has 0 bridgehead atoms. The Morgan fingerprint density at radius 3 is 2.53 bits per heavy atom. The number of para-hydroxylation sites is 1. The summed E-state index contributed by atoms with van der Waals surface area (Å²) >= 11 is 0. The summed E-state index contributed by atoms with van der Waals surface area (Å²) in [7, 11) is 0. The number of aromatic amines is 1. The van der Waals surface area contributed by atoms with Crippen LogP contribution in [0.25, 0.3) is 10.9 Å². The first-order valence-corrected chi connectivity index (χ1v) is 10.6. The van der Waals surface area contributed by atoms with Crippen molar-refractivity contribution in [3.05, 3.63) is 71.9 Å². The van der Waals surface area contributed by atoms with Crippen LogP contribution in [0.5, 0.6) is 0 Å². The third-order valence-electron chi connectivity index (χ3n) is 5.28. The van der Waals surface area contributed by atoms with Gasteiger partial charge in [0, 0.05) is 29.6 Å². The zero-order valence-electron chi connectivity index (χ0n) is 17.7. The van der Waals surface area contributed by atoms with Crippen LogP contribution in [0.1, 0.15) is 44.2 Å². The molecule has 0 saturated heterocycles. The van der Waals surface area contributed by atoms with Crippen LogP contribution in [0.2, 0.25) is 0 Å². The highest BCUT2D eigenvalue weighted by Gasteiger charge is 2.19. The average Bonchev–Trinajstić information content (AvgIpc) is 3.16. The Kier molecular flexibility index (Phi) is 7.66. The molecule has 5 heteroatoms. The summed E-state index contributed by atoms with van der Waals surface area (Å²) < 4.78 is 5.32. The summed E-state index contributed by atoms with van der Waals surface area (Å²) in [5, 5.41) is 4.12. The molecule has 158 valence electrons. The van der Waals surface area contributed by atoms with E-state index in [4.69, 9.17) is 4.74 Å². The Hall–Kier alpha value is -3.08. The number of amides is 1. The number of rotatable bonds is 10. The Bertz CT molecular complexity index is 965. The van der Waals surface area contributed by atoms with E-state index in [2.05, 4.69) is 28.5 Å². The SMILES string of the molecule is C[C@H](CCc1ccccc1)NC(=O)[C@@H](C)OC(=O)CCCc1c[nH]c2ccccc12. The third kappa shape index (κ3) is 6.21. The van der Waals surface area contributed by atoms with Crippen LogP contribution in [-0.4, -0.2) is 29.0 Å². The van der Waals surface area contributed by atoms with E-state index >= 15 is 0 Å². The summed E-state index contributed by atoms with van der Waals surface area (Å²) in [5.74, 6) is -0.588. The minimum atomic E-state index is -0.787. The van der Waals surface area contributed by atoms with E-state index in [1.165, 1.54) is 16.5 Å². The van der Waals surface area contributed by atoms with Crippen LogP contribution < -0.4 is 5.32 Å². The number of carbonyl (C=O) groups excluding carboxylic acids is 2. The molecule has 0 unspecified atom stereocenters. The highest BCUT2D eigenvalue weighted by Crippen LogP contribution is 2.19. The lowest BCUT2D eigenvalue weighted by atomic mass is 10.1. The molecule has 2 atom stereocenters. The molecule has 0 aliphatic carbocycles. The molecule has 1 amide bonds. The summed E-state index contributed by atoms with van der Waals surface area (Å²) in [6.45, 7) is 3.59. The molecule has 1 aromatic heterocycles. The Balaban J connectivity index is 1.36. The van der Waals surface area contributed by atoms with Crippen LogP contribution in [0, 0.1) is 0 Å². The van der Waals surface area contributed by atoms with Gasteiger partial charge in [0.15, 0.2) is 6.10 Å². The maximum Gasteiger partial charge on any atom is 0.306 e. The summed E-state index contributed by atoms with van der Waals surface area (Å²) in [4.78, 5) is 27.7. The monoisotopic (exact) mass is 406 g/mol. The molecule has 3 aromatic rings. The fourth-order valence-electron chi connectivity index (χ4n) is 3.53. The van der Waals surface area contributed by atoms with Crippen LogP contribution >= 0.6 is 0 Å². The summed E-state index contributed by atoms with van der Waals surface area (Å²) in [6, 6.07) is 18.3. The number of hydrogen-bond acceptors (Lipinski definition) is 3. The molecule has 0 saturated carbocycles. The highest BCUT2D eigenvalue weighted by atomic mass is 16.5. The minimum absolute atomic E-state index is 0.0146. The molecular weight excluding hydrogens is 376 g/mol. The third-order valence-corrected chi connectivity index (χ3v) is 5.28. The maximum absolute atomic E-state index is 12.3. The number of fused-ring (bicyclic) bond motifs is 1. The van der Waals surface area contributed by atoms with Gasteiger partial charge >= 0.3 is 5.97 Å². The van der Waals surface area contributed by atoms with Gasteiger partial charge in [0.25, 0.3) is 5.91 Å². The van der Waals surface area contributed by atoms with Gasteiger partial charge in [-0.05, 0) is 56.7 Å². The Morgan fingerprint density at radius 1 is 1.00 bits per heavy atom. The number of aryl methyl sites for hydroxylation is 2. The predicted molar refractivity (Wildman–Crippen MR) is 119 cm³/mol. The van der Waals surface area contributed by atoms with Crippen LogP contribution in [0.4, 0.5) is 0 Å². The zero-order chi connectivity index (χ0) is 21.3. The van der Waals surface area contributed by atoms with Gasteiger partial charge in [-0.25, -0.2) is 0 Å². The smallest absolute Gasteiger partial charge is 0.306 e. The lowest BCUT2D eigenvalue weighted by Crippen LogP contribution is -2.41. The van der Waals surface area contributed by atoms with Gasteiger partial charge in [0.1, 0.15) is 0 Å². The van der Waals surface area contributed by atoms with Crippen molar-refractivity contribution in [3.8, 4) is 0 Å². The van der Waals surface area contributed by atoms with Crippen LogP contribution in [0.15, 0.2) is 60.8 Å². The average molecular weight is 407 g/mol. The van der Waals surface area contributed by atoms with Crippen molar-refractivity contribution in [1.29, 1.82) is 0 Å². The Labute approximate surface area is 177 Å². The molecule has 2 aromatic carbocycles. The van der Waals surface area contributed by atoms with Crippen molar-refractivity contribution in [2.24, 2.45) is 0 Å². The quantitative estimate of drug-likeness (QED) is 0.485. The molecule has 1 heterocycles. The van der Waals surface area contributed by atoms with Crippen LogP contribution in [0.3, 0.4) is 0 Å². The van der Waals surface area contributed by atoms with Gasteiger partial charge in [-0.2, -0.15) is 0 Å². The van der Waals surface area contributed by atoms with Gasteiger partial charge in [-0.3, -0.25) is 9.59 Å². The Morgan fingerprint density at radius 2 is 1.73 bits per heavy atom. The molecule has 0 aliphatic rings. The van der Waals surface area contributed by atoms with Crippen molar-refractivity contribution in [3.63, 3.8) is 0 Å². The van der Waals surface area contributed by atoms with Gasteiger partial charge < -0.3 is 15.0 Å². The number of aromatic nitrogens is 1. The number of carbonyl (C=O) groups is 2. The summed E-state index contributed by atoms with van der Waals surface area (Å²) in [6.07, 6.45) is 4.69. The molecule has 0 aliphatic heterocycles. The zero-order valence-corrected chi connectivity index (χ0v) is 17.7. The highest BCUT2D eigenvalue weighted by molar-refractivity contribution is 5.84. The predicted octanol–water partition coefficient (Wildman–Crippen LogP) is 4.56. The number of hydrogen-bond donors (Lipinski definition) is 2. The molecule has 3 rings (SSSR count). The first-order chi connectivity index (χ1) is 14.5.